The lowest BCUT2D eigenvalue weighted by Gasteiger charge is -2.20. The monoisotopic (exact) mass is 454 g/mol. The molecule has 2 atom stereocenters. The van der Waals surface area contributed by atoms with Crippen molar-refractivity contribution in [2.75, 3.05) is 39.6 Å². The summed E-state index contributed by atoms with van der Waals surface area (Å²) in [6.07, 6.45) is 8.87. The third-order valence-corrected chi connectivity index (χ3v) is 4.88. The van der Waals surface area contributed by atoms with Crippen LogP contribution in [-0.4, -0.2) is 52.2 Å². The summed E-state index contributed by atoms with van der Waals surface area (Å²) >= 11 is 0. The summed E-state index contributed by atoms with van der Waals surface area (Å²) in [6.45, 7) is 11.9. The predicted octanol–water partition coefficient (Wildman–Crippen LogP) is 6.36. The van der Waals surface area contributed by atoms with Gasteiger partial charge in [0.25, 0.3) is 0 Å². The molecule has 0 aliphatic heterocycles. The maximum Gasteiger partial charge on any atom is 0.197 e. The summed E-state index contributed by atoms with van der Waals surface area (Å²) < 4.78 is 34.5. The highest BCUT2D eigenvalue weighted by atomic mass is 16.7. The van der Waals surface area contributed by atoms with Crippen molar-refractivity contribution >= 4 is 0 Å². The van der Waals surface area contributed by atoms with Crippen molar-refractivity contribution in [3.63, 3.8) is 0 Å². The van der Waals surface area contributed by atoms with Crippen molar-refractivity contribution in [1.29, 1.82) is 0 Å². The zero-order valence-corrected chi connectivity index (χ0v) is 20.8. The normalized spacial score (nSPS) is 13.1. The van der Waals surface area contributed by atoms with E-state index in [2.05, 4.69) is 13.8 Å². The van der Waals surface area contributed by atoms with Gasteiger partial charge in [-0.2, -0.15) is 0 Å². The van der Waals surface area contributed by atoms with E-state index in [1.165, 1.54) is 38.5 Å². The number of benzene rings is 1. The first-order chi connectivity index (χ1) is 15.7. The molecule has 186 valence electrons. The maximum absolute atomic E-state index is 5.91. The smallest absolute Gasteiger partial charge is 0.197 e. The van der Waals surface area contributed by atoms with E-state index < -0.39 is 12.6 Å². The first kappa shape index (κ1) is 28.7. The van der Waals surface area contributed by atoms with Gasteiger partial charge in [-0.15, -0.1) is 0 Å². The minimum Gasteiger partial charge on any atom is -0.461 e. The molecule has 0 amide bonds. The van der Waals surface area contributed by atoms with E-state index in [0.717, 1.165) is 26.1 Å². The van der Waals surface area contributed by atoms with Crippen molar-refractivity contribution in [2.45, 2.75) is 91.6 Å². The van der Waals surface area contributed by atoms with E-state index in [9.17, 15) is 0 Å². The lowest BCUT2D eigenvalue weighted by Crippen LogP contribution is -2.22. The largest absolute Gasteiger partial charge is 0.461 e. The van der Waals surface area contributed by atoms with Crippen LogP contribution in [0.2, 0.25) is 0 Å². The van der Waals surface area contributed by atoms with Gasteiger partial charge in [-0.25, -0.2) is 0 Å². The Kier molecular flexibility index (Phi) is 18.2. The van der Waals surface area contributed by atoms with Gasteiger partial charge >= 0.3 is 0 Å². The maximum atomic E-state index is 5.91. The van der Waals surface area contributed by atoms with E-state index in [4.69, 9.17) is 28.4 Å². The van der Waals surface area contributed by atoms with E-state index >= 15 is 0 Å². The van der Waals surface area contributed by atoms with Gasteiger partial charge in [0, 0.05) is 13.2 Å². The molecule has 0 aliphatic carbocycles. The Hall–Kier alpha value is -1.34. The Morgan fingerprint density at radius 1 is 0.562 bits per heavy atom. The number of ether oxygens (including phenoxy) is 6. The van der Waals surface area contributed by atoms with E-state index in [-0.39, 0.29) is 0 Å². The van der Waals surface area contributed by atoms with Crippen LogP contribution in [0.3, 0.4) is 0 Å². The molecule has 0 bridgehead atoms. The van der Waals surface area contributed by atoms with Gasteiger partial charge in [0.15, 0.2) is 24.1 Å². The van der Waals surface area contributed by atoms with Gasteiger partial charge in [0.05, 0.1) is 26.4 Å². The van der Waals surface area contributed by atoms with E-state index in [0.29, 0.717) is 37.9 Å². The van der Waals surface area contributed by atoms with Crippen molar-refractivity contribution in [2.24, 2.45) is 0 Å². The molecule has 32 heavy (non-hydrogen) atoms. The standard InChI is InChI=1S/C26H46O6/c1-5-7-9-13-17-27-19-21-29-23(3)31-25-15-11-12-16-26(25)32-24(4)30-22-20-28-18-14-10-8-6-2/h11-12,15-16,23-24H,5-10,13-14,17-22H2,1-4H3. The first-order valence-corrected chi connectivity index (χ1v) is 12.5. The Bertz CT molecular complexity index is 492. The first-order valence-electron chi connectivity index (χ1n) is 12.5. The molecule has 0 fully saturated rings. The van der Waals surface area contributed by atoms with Crippen molar-refractivity contribution in [3.05, 3.63) is 24.3 Å². The molecular weight excluding hydrogens is 408 g/mol. The highest BCUT2D eigenvalue weighted by Crippen LogP contribution is 2.28. The van der Waals surface area contributed by atoms with Gasteiger partial charge in [0.1, 0.15) is 0 Å². The second-order valence-corrected chi connectivity index (χ2v) is 7.91. The summed E-state index contributed by atoms with van der Waals surface area (Å²) in [7, 11) is 0. The van der Waals surface area contributed by atoms with Crippen LogP contribution in [0.15, 0.2) is 24.3 Å². The quantitative estimate of drug-likeness (QED) is 0.150. The van der Waals surface area contributed by atoms with Crippen LogP contribution in [0, 0.1) is 0 Å². The molecule has 6 nitrogen and oxygen atoms in total. The van der Waals surface area contributed by atoms with E-state index in [1.807, 2.05) is 38.1 Å². The molecule has 0 saturated heterocycles. The number of rotatable bonds is 22. The number of hydrogen-bond donors (Lipinski definition) is 0. The number of hydrogen-bond acceptors (Lipinski definition) is 6. The van der Waals surface area contributed by atoms with Crippen LogP contribution in [0.4, 0.5) is 0 Å². The summed E-state index contributed by atoms with van der Waals surface area (Å²) in [5.41, 5.74) is 0. The fourth-order valence-electron chi connectivity index (χ4n) is 3.08. The highest BCUT2D eigenvalue weighted by Gasteiger charge is 2.12. The van der Waals surface area contributed by atoms with Crippen LogP contribution in [0.1, 0.15) is 79.1 Å². The lowest BCUT2D eigenvalue weighted by molar-refractivity contribution is -0.0959. The predicted molar refractivity (Wildman–Crippen MR) is 128 cm³/mol. The average molecular weight is 455 g/mol. The zero-order valence-electron chi connectivity index (χ0n) is 20.8. The summed E-state index contributed by atoms with van der Waals surface area (Å²) in [5.74, 6) is 1.26. The molecule has 0 saturated carbocycles. The summed E-state index contributed by atoms with van der Waals surface area (Å²) in [4.78, 5) is 0. The van der Waals surface area contributed by atoms with Gasteiger partial charge < -0.3 is 28.4 Å². The van der Waals surface area contributed by atoms with Gasteiger partial charge in [0.2, 0.25) is 0 Å². The average Bonchev–Trinajstić information content (AvgIpc) is 2.78. The Labute approximate surface area is 195 Å². The fraction of sp³-hybridized carbons (Fsp3) is 0.769. The molecule has 0 aromatic heterocycles. The molecule has 6 heteroatoms. The summed E-state index contributed by atoms with van der Waals surface area (Å²) in [6, 6.07) is 7.55. The van der Waals surface area contributed by atoms with Crippen LogP contribution in [0.5, 0.6) is 11.5 Å². The SMILES string of the molecule is CCCCCCOCCOC(C)Oc1ccccc1OC(C)OCCOCCCCCC. The van der Waals surface area contributed by atoms with Crippen molar-refractivity contribution < 1.29 is 28.4 Å². The van der Waals surface area contributed by atoms with Gasteiger partial charge in [-0.3, -0.25) is 0 Å². The number of para-hydroxylation sites is 2. The van der Waals surface area contributed by atoms with Crippen LogP contribution >= 0.6 is 0 Å². The lowest BCUT2D eigenvalue weighted by atomic mass is 10.2. The molecule has 0 aliphatic rings. The molecule has 0 N–H and O–H groups in total. The zero-order chi connectivity index (χ0) is 23.3. The van der Waals surface area contributed by atoms with Crippen molar-refractivity contribution in [1.82, 2.24) is 0 Å². The topological polar surface area (TPSA) is 55.4 Å². The number of unbranched alkanes of at least 4 members (excludes halogenated alkanes) is 6. The molecule has 1 aromatic carbocycles. The second kappa shape index (κ2) is 20.3. The molecule has 1 rings (SSSR count). The second-order valence-electron chi connectivity index (χ2n) is 7.91. The Balaban J connectivity index is 2.20. The molecule has 0 radical (unpaired) electrons. The van der Waals surface area contributed by atoms with Gasteiger partial charge in [-0.05, 0) is 38.8 Å². The molecular formula is C26H46O6. The van der Waals surface area contributed by atoms with Crippen LogP contribution in [0.25, 0.3) is 0 Å². The third-order valence-electron chi connectivity index (χ3n) is 4.88. The molecule has 0 spiro atoms. The Morgan fingerprint density at radius 2 is 1.00 bits per heavy atom. The highest BCUT2D eigenvalue weighted by molar-refractivity contribution is 5.39. The molecule has 0 heterocycles. The minimum atomic E-state index is -0.402. The third kappa shape index (κ3) is 15.5. The molecule has 1 aromatic rings. The van der Waals surface area contributed by atoms with Gasteiger partial charge in [-0.1, -0.05) is 64.5 Å². The van der Waals surface area contributed by atoms with Crippen LogP contribution < -0.4 is 9.47 Å². The minimum absolute atomic E-state index is 0.402. The van der Waals surface area contributed by atoms with Crippen molar-refractivity contribution in [3.8, 4) is 11.5 Å². The summed E-state index contributed by atoms with van der Waals surface area (Å²) in [5, 5.41) is 0. The Morgan fingerprint density at radius 3 is 1.41 bits per heavy atom. The molecule has 2 unspecified atom stereocenters. The van der Waals surface area contributed by atoms with Crippen LogP contribution in [-0.2, 0) is 18.9 Å². The van der Waals surface area contributed by atoms with E-state index in [1.54, 1.807) is 0 Å². The fourth-order valence-corrected chi connectivity index (χ4v) is 3.08.